The minimum Gasteiger partial charge on any atom is -0.445 e. The molecule has 3 rings (SSSR count). The van der Waals surface area contributed by atoms with Crippen molar-refractivity contribution in [3.05, 3.63) is 70.7 Å². The summed E-state index contributed by atoms with van der Waals surface area (Å²) in [7, 11) is 0. The number of ether oxygens (including phenoxy) is 1. The lowest BCUT2D eigenvalue weighted by Crippen LogP contribution is -2.52. The third-order valence-corrected chi connectivity index (χ3v) is 5.68. The molecule has 9 heteroatoms. The van der Waals surface area contributed by atoms with Crippen LogP contribution in [0.25, 0.3) is 0 Å². The van der Waals surface area contributed by atoms with Crippen molar-refractivity contribution in [1.82, 2.24) is 16.0 Å². The maximum atomic E-state index is 13.0. The highest BCUT2D eigenvalue weighted by Crippen LogP contribution is 2.16. The molecule has 2 aromatic rings. The van der Waals surface area contributed by atoms with Gasteiger partial charge in [0, 0.05) is 23.9 Å². The molecule has 3 atom stereocenters. The summed E-state index contributed by atoms with van der Waals surface area (Å²) in [5.74, 6) is -0.798. The maximum Gasteiger partial charge on any atom is 0.408 e. The number of alkyl carbamates (subject to hydrolysis) is 1. The minimum absolute atomic E-state index is 0.00211. The van der Waals surface area contributed by atoms with E-state index in [4.69, 9.17) is 16.3 Å². The second-order valence-electron chi connectivity index (χ2n) is 7.99. The first kappa shape index (κ1) is 24.5. The molecule has 0 spiro atoms. The molecule has 1 heterocycles. The number of halogens is 1. The van der Waals surface area contributed by atoms with Crippen LogP contribution in [-0.4, -0.2) is 48.2 Å². The molecule has 1 fully saturated rings. The number of aliphatic hydroxyl groups excluding tert-OH is 1. The summed E-state index contributed by atoms with van der Waals surface area (Å²) >= 11 is 5.95. The zero-order valence-corrected chi connectivity index (χ0v) is 18.9. The molecule has 3 unspecified atom stereocenters. The van der Waals surface area contributed by atoms with Crippen molar-refractivity contribution in [3.8, 4) is 0 Å². The fraction of sp³-hybridized carbons (Fsp3) is 0.375. The third kappa shape index (κ3) is 7.76. The van der Waals surface area contributed by atoms with Crippen molar-refractivity contribution in [2.75, 3.05) is 13.2 Å². The second kappa shape index (κ2) is 12.2. The summed E-state index contributed by atoms with van der Waals surface area (Å²) in [5, 5.41) is 18.4. The number of carbonyl (C=O) groups is 3. The minimum atomic E-state index is -0.925. The lowest BCUT2D eigenvalue weighted by Gasteiger charge is -2.23. The topological polar surface area (TPSA) is 117 Å². The Balaban J connectivity index is 1.62. The van der Waals surface area contributed by atoms with Crippen molar-refractivity contribution < 1.29 is 24.2 Å². The Kier molecular flexibility index (Phi) is 9.09. The largest absolute Gasteiger partial charge is 0.445 e. The van der Waals surface area contributed by atoms with E-state index in [0.717, 1.165) is 11.1 Å². The Labute approximate surface area is 197 Å². The van der Waals surface area contributed by atoms with Crippen LogP contribution in [0.5, 0.6) is 0 Å². The summed E-state index contributed by atoms with van der Waals surface area (Å²) < 4.78 is 5.26. The van der Waals surface area contributed by atoms with Crippen LogP contribution in [0, 0.1) is 5.92 Å². The monoisotopic (exact) mass is 473 g/mol. The van der Waals surface area contributed by atoms with Crippen LogP contribution in [0.1, 0.15) is 24.0 Å². The fourth-order valence-electron chi connectivity index (χ4n) is 3.71. The number of hydrogen-bond acceptors (Lipinski definition) is 5. The van der Waals surface area contributed by atoms with E-state index in [2.05, 4.69) is 16.0 Å². The Morgan fingerprint density at radius 3 is 2.55 bits per heavy atom. The molecule has 0 bridgehead atoms. The molecular formula is C24H28ClN3O5. The molecule has 1 aliphatic rings. The molecule has 0 radical (unpaired) electrons. The van der Waals surface area contributed by atoms with Crippen LogP contribution < -0.4 is 16.0 Å². The van der Waals surface area contributed by atoms with Gasteiger partial charge < -0.3 is 25.8 Å². The first-order valence-corrected chi connectivity index (χ1v) is 11.2. The summed E-state index contributed by atoms with van der Waals surface area (Å²) in [6.45, 7) is 0.279. The number of hydrogen-bond donors (Lipinski definition) is 4. The lowest BCUT2D eigenvalue weighted by atomic mass is 9.98. The zero-order chi connectivity index (χ0) is 23.6. The van der Waals surface area contributed by atoms with Crippen LogP contribution >= 0.6 is 11.6 Å². The predicted molar refractivity (Wildman–Crippen MR) is 123 cm³/mol. The average molecular weight is 474 g/mol. The molecule has 1 saturated heterocycles. The summed E-state index contributed by atoms with van der Waals surface area (Å²) in [4.78, 5) is 37.3. The van der Waals surface area contributed by atoms with Crippen LogP contribution in [0.4, 0.5) is 4.79 Å². The van der Waals surface area contributed by atoms with Crippen LogP contribution in [-0.2, 0) is 27.4 Å². The van der Waals surface area contributed by atoms with Crippen LogP contribution in [0.3, 0.4) is 0 Å². The van der Waals surface area contributed by atoms with Gasteiger partial charge in [-0.1, -0.05) is 54.1 Å². The molecule has 0 aromatic heterocycles. The van der Waals surface area contributed by atoms with Gasteiger partial charge in [-0.05, 0) is 36.1 Å². The SMILES string of the molecule is O=C(NC(Cc1ccccc1)C(=O)NC(CO)CC1CCNC1=O)OCc1cccc(Cl)c1. The van der Waals surface area contributed by atoms with Gasteiger partial charge in [0.25, 0.3) is 0 Å². The van der Waals surface area contributed by atoms with Gasteiger partial charge in [-0.3, -0.25) is 9.59 Å². The Morgan fingerprint density at radius 1 is 1.12 bits per heavy atom. The standard InChI is InChI=1S/C24H28ClN3O5/c25-19-8-4-7-17(11-19)15-33-24(32)28-21(12-16-5-2-1-3-6-16)23(31)27-20(14-29)13-18-9-10-26-22(18)30/h1-8,11,18,20-21,29H,9-10,12-15H2,(H,26,30)(H,27,31)(H,28,32). The number of rotatable bonds is 10. The van der Waals surface area contributed by atoms with Crippen LogP contribution in [0.15, 0.2) is 54.6 Å². The van der Waals surface area contributed by atoms with Gasteiger partial charge in [0.1, 0.15) is 12.6 Å². The number of amides is 3. The van der Waals surface area contributed by atoms with Crippen molar-refractivity contribution in [3.63, 3.8) is 0 Å². The highest BCUT2D eigenvalue weighted by Gasteiger charge is 2.29. The molecule has 3 amide bonds. The Morgan fingerprint density at radius 2 is 1.88 bits per heavy atom. The predicted octanol–water partition coefficient (Wildman–Crippen LogP) is 2.18. The summed E-state index contributed by atoms with van der Waals surface area (Å²) in [6.07, 6.45) is 0.473. The maximum absolute atomic E-state index is 13.0. The van der Waals surface area contributed by atoms with Crippen molar-refractivity contribution in [2.24, 2.45) is 5.92 Å². The van der Waals surface area contributed by atoms with Gasteiger partial charge in [-0.25, -0.2) is 4.79 Å². The molecule has 33 heavy (non-hydrogen) atoms. The molecule has 2 aromatic carbocycles. The van der Waals surface area contributed by atoms with E-state index < -0.39 is 24.1 Å². The number of carbonyl (C=O) groups excluding carboxylic acids is 3. The number of aliphatic hydroxyl groups is 1. The van der Waals surface area contributed by atoms with Crippen LogP contribution in [0.2, 0.25) is 5.02 Å². The fourth-order valence-corrected chi connectivity index (χ4v) is 3.93. The van der Waals surface area contributed by atoms with E-state index in [1.54, 1.807) is 24.3 Å². The van der Waals surface area contributed by atoms with E-state index in [0.29, 0.717) is 24.4 Å². The van der Waals surface area contributed by atoms with E-state index >= 15 is 0 Å². The van der Waals surface area contributed by atoms with Gasteiger partial charge in [0.2, 0.25) is 11.8 Å². The Hall–Kier alpha value is -3.10. The number of benzene rings is 2. The van der Waals surface area contributed by atoms with Crippen molar-refractivity contribution in [1.29, 1.82) is 0 Å². The van der Waals surface area contributed by atoms with Crippen molar-refractivity contribution >= 4 is 29.5 Å². The van der Waals surface area contributed by atoms with Gasteiger partial charge >= 0.3 is 6.09 Å². The molecule has 4 N–H and O–H groups in total. The lowest BCUT2D eigenvalue weighted by molar-refractivity contribution is -0.126. The Bertz CT molecular complexity index is 956. The summed E-state index contributed by atoms with van der Waals surface area (Å²) in [6, 6.07) is 14.7. The van der Waals surface area contributed by atoms with Gasteiger partial charge in [-0.15, -0.1) is 0 Å². The molecule has 0 aliphatic carbocycles. The zero-order valence-electron chi connectivity index (χ0n) is 18.1. The van der Waals surface area contributed by atoms with Gasteiger partial charge in [-0.2, -0.15) is 0 Å². The molecule has 0 saturated carbocycles. The van der Waals surface area contributed by atoms with Gasteiger partial charge in [0.15, 0.2) is 0 Å². The smallest absolute Gasteiger partial charge is 0.408 e. The third-order valence-electron chi connectivity index (χ3n) is 5.45. The first-order chi connectivity index (χ1) is 15.9. The van der Waals surface area contributed by atoms with E-state index in [9.17, 15) is 19.5 Å². The highest BCUT2D eigenvalue weighted by atomic mass is 35.5. The van der Waals surface area contributed by atoms with E-state index in [1.807, 2.05) is 30.3 Å². The van der Waals surface area contributed by atoms with E-state index in [1.165, 1.54) is 0 Å². The highest BCUT2D eigenvalue weighted by molar-refractivity contribution is 6.30. The molecular weight excluding hydrogens is 446 g/mol. The number of nitrogens with one attached hydrogen (secondary N) is 3. The molecule has 1 aliphatic heterocycles. The van der Waals surface area contributed by atoms with Gasteiger partial charge in [0.05, 0.1) is 12.6 Å². The first-order valence-electron chi connectivity index (χ1n) is 10.8. The normalized spacial score (nSPS) is 17.0. The van der Waals surface area contributed by atoms with E-state index in [-0.39, 0.29) is 31.5 Å². The quantitative estimate of drug-likeness (QED) is 0.422. The van der Waals surface area contributed by atoms with Crippen molar-refractivity contribution in [2.45, 2.75) is 38.0 Å². The second-order valence-corrected chi connectivity index (χ2v) is 8.43. The molecule has 176 valence electrons. The summed E-state index contributed by atoms with van der Waals surface area (Å²) in [5.41, 5.74) is 1.57. The average Bonchev–Trinajstić information content (AvgIpc) is 3.21. The molecule has 8 nitrogen and oxygen atoms in total.